The van der Waals surface area contributed by atoms with Crippen LogP contribution in [-0.4, -0.2) is 36.6 Å². The minimum absolute atomic E-state index is 0.0362. The number of thiophene rings is 1. The van der Waals surface area contributed by atoms with Gasteiger partial charge < -0.3 is 15.0 Å². The molecule has 244 valence electrons. The molecule has 2 aromatic heterocycles. The first kappa shape index (κ1) is 35.4. The summed E-state index contributed by atoms with van der Waals surface area (Å²) in [6, 6.07) is 18.7. The van der Waals surface area contributed by atoms with E-state index in [-0.39, 0.29) is 34.3 Å². The second kappa shape index (κ2) is 17.5. The SMILES string of the molecule is CCCCC(CC)C(=O)OCCN(CC)c1ccc(N=Nc2nc(-c3ccccc3)c(/C=C/C3=C(C#N)C(=C(C#N)C#N)NC3=O)s2)s1. The molecule has 0 saturated carbocycles. The molecule has 1 amide bonds. The van der Waals surface area contributed by atoms with E-state index in [1.807, 2.05) is 62.4 Å². The number of carbonyl (C=O) groups is 2. The average molecular weight is 679 g/mol. The Labute approximate surface area is 287 Å². The van der Waals surface area contributed by atoms with Crippen LogP contribution in [0, 0.1) is 39.9 Å². The normalized spacial score (nSPS) is 13.3. The van der Waals surface area contributed by atoms with Crippen molar-refractivity contribution in [3.8, 4) is 29.5 Å². The van der Waals surface area contributed by atoms with Gasteiger partial charge in [0.15, 0.2) is 5.57 Å². The fourth-order valence-electron chi connectivity index (χ4n) is 4.90. The van der Waals surface area contributed by atoms with Crippen molar-refractivity contribution in [3.63, 3.8) is 0 Å². The molecule has 1 aliphatic rings. The molecule has 1 atom stereocenters. The quantitative estimate of drug-likeness (QED) is 0.0954. The summed E-state index contributed by atoms with van der Waals surface area (Å²) < 4.78 is 5.61. The zero-order chi connectivity index (χ0) is 34.5. The van der Waals surface area contributed by atoms with Gasteiger partial charge in [-0.2, -0.15) is 15.8 Å². The molecular weight excluding hydrogens is 645 g/mol. The van der Waals surface area contributed by atoms with E-state index in [9.17, 15) is 25.4 Å². The Balaban J connectivity index is 1.52. The van der Waals surface area contributed by atoms with Crippen molar-refractivity contribution in [2.45, 2.75) is 46.5 Å². The second-order valence-electron chi connectivity index (χ2n) is 10.5. The summed E-state index contributed by atoms with van der Waals surface area (Å²) in [6.45, 7) is 7.79. The molecule has 0 spiro atoms. The smallest absolute Gasteiger partial charge is 0.308 e. The Bertz CT molecular complexity index is 1870. The maximum absolute atomic E-state index is 12.7. The Hall–Kier alpha value is -5.42. The zero-order valence-corrected chi connectivity index (χ0v) is 28.5. The molecular formula is C35H34N8O3S2. The molecule has 1 aromatic carbocycles. The lowest BCUT2D eigenvalue weighted by Crippen LogP contribution is -2.28. The summed E-state index contributed by atoms with van der Waals surface area (Å²) >= 11 is 2.72. The van der Waals surface area contributed by atoms with Crippen molar-refractivity contribution in [3.05, 3.63) is 75.8 Å². The summed E-state index contributed by atoms with van der Waals surface area (Å²) in [5, 5.41) is 41.5. The predicted molar refractivity (Wildman–Crippen MR) is 186 cm³/mol. The standard InChI is InChI=1S/C35H34N8O3S2/c1-4-7-11-23(5-2)34(45)46-19-18-43(6-3)30-17-16-29(48-30)41-42-35-40-32(24-12-9-8-10-13-24)28(47-35)15-14-26-27(22-38)31(39-33(26)44)25(20-36)21-37/h8-10,12-17,23H,4-7,11,18-19H2,1-3H3,(H,39,44)/b15-14+,42-41?. The van der Waals surface area contributed by atoms with Gasteiger partial charge >= 0.3 is 5.97 Å². The van der Waals surface area contributed by atoms with E-state index in [4.69, 9.17) is 9.72 Å². The van der Waals surface area contributed by atoms with E-state index in [0.717, 1.165) is 42.8 Å². The number of nitrogens with one attached hydrogen (secondary N) is 1. The molecule has 0 bridgehead atoms. The molecule has 3 aromatic rings. The van der Waals surface area contributed by atoms with Gasteiger partial charge in [0.1, 0.15) is 29.8 Å². The first-order chi connectivity index (χ1) is 23.4. The Morgan fingerprint density at radius 1 is 1.06 bits per heavy atom. The Morgan fingerprint density at radius 2 is 1.83 bits per heavy atom. The summed E-state index contributed by atoms with van der Waals surface area (Å²) in [4.78, 5) is 32.7. The van der Waals surface area contributed by atoms with Crippen LogP contribution in [0.5, 0.6) is 0 Å². The van der Waals surface area contributed by atoms with Gasteiger partial charge in [-0.15, -0.1) is 10.2 Å². The summed E-state index contributed by atoms with van der Waals surface area (Å²) in [7, 11) is 0. The van der Waals surface area contributed by atoms with Crippen LogP contribution < -0.4 is 10.2 Å². The lowest BCUT2D eigenvalue weighted by atomic mass is 10.00. The summed E-state index contributed by atoms with van der Waals surface area (Å²) in [5.41, 5.74) is 0.954. The topological polar surface area (TPSA) is 168 Å². The van der Waals surface area contributed by atoms with Crippen LogP contribution in [-0.2, 0) is 14.3 Å². The van der Waals surface area contributed by atoms with Gasteiger partial charge in [-0.3, -0.25) is 9.59 Å². The number of allylic oxidation sites excluding steroid dienone is 2. The second-order valence-corrected chi connectivity index (χ2v) is 12.6. The molecule has 13 heteroatoms. The number of hydrogen-bond donors (Lipinski definition) is 1. The highest BCUT2D eigenvalue weighted by Gasteiger charge is 2.28. The molecule has 1 aliphatic heterocycles. The largest absolute Gasteiger partial charge is 0.464 e. The molecule has 0 fully saturated rings. The van der Waals surface area contributed by atoms with Crippen LogP contribution in [0.3, 0.4) is 0 Å². The van der Waals surface area contributed by atoms with Gasteiger partial charge in [0, 0.05) is 12.1 Å². The van der Waals surface area contributed by atoms with E-state index in [1.165, 1.54) is 28.7 Å². The number of azo groups is 1. The number of likely N-dealkylation sites (N-methyl/N-ethyl adjacent to an activating group) is 1. The van der Waals surface area contributed by atoms with Crippen LogP contribution in [0.2, 0.25) is 0 Å². The van der Waals surface area contributed by atoms with Crippen molar-refractivity contribution in [1.82, 2.24) is 10.3 Å². The van der Waals surface area contributed by atoms with E-state index in [0.29, 0.717) is 33.9 Å². The zero-order valence-electron chi connectivity index (χ0n) is 26.9. The number of nitrogens with zero attached hydrogens (tertiary/aromatic N) is 7. The van der Waals surface area contributed by atoms with Gasteiger partial charge in [0.05, 0.1) is 44.9 Å². The predicted octanol–water partition coefficient (Wildman–Crippen LogP) is 8.14. The van der Waals surface area contributed by atoms with E-state index >= 15 is 0 Å². The van der Waals surface area contributed by atoms with Gasteiger partial charge in [-0.05, 0) is 44.1 Å². The van der Waals surface area contributed by atoms with Crippen LogP contribution >= 0.6 is 22.7 Å². The molecule has 1 unspecified atom stereocenters. The van der Waals surface area contributed by atoms with Gasteiger partial charge in [0.2, 0.25) is 5.13 Å². The lowest BCUT2D eigenvalue weighted by molar-refractivity contribution is -0.148. The minimum atomic E-state index is -0.587. The third kappa shape index (κ3) is 8.68. The van der Waals surface area contributed by atoms with E-state index < -0.39 is 5.91 Å². The van der Waals surface area contributed by atoms with Crippen LogP contribution in [0.4, 0.5) is 15.1 Å². The number of unbranched alkanes of at least 4 members (excludes halogenated alkanes) is 1. The number of benzene rings is 1. The molecule has 3 heterocycles. The monoisotopic (exact) mass is 678 g/mol. The highest BCUT2D eigenvalue weighted by molar-refractivity contribution is 7.19. The summed E-state index contributed by atoms with van der Waals surface area (Å²) in [6.07, 6.45) is 6.84. The molecule has 11 nitrogen and oxygen atoms in total. The number of anilines is 1. The Kier molecular flexibility index (Phi) is 12.9. The third-order valence-corrected chi connectivity index (χ3v) is 9.46. The van der Waals surface area contributed by atoms with Crippen molar-refractivity contribution in [2.24, 2.45) is 16.1 Å². The maximum Gasteiger partial charge on any atom is 0.308 e. The van der Waals surface area contributed by atoms with Crippen LogP contribution in [0.15, 0.2) is 81.2 Å². The van der Waals surface area contributed by atoms with Crippen molar-refractivity contribution in [2.75, 3.05) is 24.6 Å². The van der Waals surface area contributed by atoms with Gasteiger partial charge in [-0.1, -0.05) is 79.7 Å². The number of carbonyl (C=O) groups excluding carboxylic acids is 2. The van der Waals surface area contributed by atoms with Crippen molar-refractivity contribution in [1.29, 1.82) is 15.8 Å². The molecule has 0 radical (unpaired) electrons. The van der Waals surface area contributed by atoms with Gasteiger partial charge in [-0.25, -0.2) is 4.98 Å². The van der Waals surface area contributed by atoms with E-state index in [1.54, 1.807) is 18.2 Å². The molecule has 0 saturated heterocycles. The van der Waals surface area contributed by atoms with Crippen molar-refractivity contribution < 1.29 is 14.3 Å². The highest BCUT2D eigenvalue weighted by Crippen LogP contribution is 2.37. The number of nitriles is 3. The first-order valence-electron chi connectivity index (χ1n) is 15.5. The third-order valence-electron chi connectivity index (χ3n) is 7.52. The number of amides is 1. The highest BCUT2D eigenvalue weighted by atomic mass is 32.1. The fourth-order valence-corrected chi connectivity index (χ4v) is 6.63. The maximum atomic E-state index is 12.7. The first-order valence-corrected chi connectivity index (χ1v) is 17.2. The molecule has 1 N–H and O–H groups in total. The number of esters is 1. The Morgan fingerprint density at radius 3 is 2.50 bits per heavy atom. The molecule has 4 rings (SSSR count). The number of ether oxygens (including phenoxy) is 1. The van der Waals surface area contributed by atoms with Crippen LogP contribution in [0.1, 0.15) is 51.3 Å². The molecule has 0 aliphatic carbocycles. The summed E-state index contributed by atoms with van der Waals surface area (Å²) in [5.74, 6) is -0.765. The van der Waals surface area contributed by atoms with Gasteiger partial charge in [0.25, 0.3) is 5.91 Å². The minimum Gasteiger partial charge on any atom is -0.464 e. The van der Waals surface area contributed by atoms with E-state index in [2.05, 4.69) is 27.4 Å². The fraction of sp³-hybridized carbons (Fsp3) is 0.314. The van der Waals surface area contributed by atoms with Crippen molar-refractivity contribution >= 4 is 55.8 Å². The number of rotatable bonds is 15. The van der Waals surface area contributed by atoms with Crippen LogP contribution in [0.25, 0.3) is 17.3 Å². The number of hydrogen-bond acceptors (Lipinski definition) is 12. The molecule has 48 heavy (non-hydrogen) atoms. The number of aromatic nitrogens is 1. The number of thiazole rings is 1. The average Bonchev–Trinajstić information content (AvgIpc) is 3.83. The lowest BCUT2D eigenvalue weighted by Gasteiger charge is -2.21.